The van der Waals surface area contributed by atoms with E-state index in [4.69, 9.17) is 27.9 Å². The summed E-state index contributed by atoms with van der Waals surface area (Å²) in [4.78, 5) is 0. The first-order valence-electron chi connectivity index (χ1n) is 5.32. The average molecular weight is 349 g/mol. The van der Waals surface area contributed by atoms with E-state index in [2.05, 4.69) is 67.6 Å². The van der Waals surface area contributed by atoms with E-state index in [1.165, 1.54) is 30.7 Å². The molecule has 0 atom stereocenters. The largest absolute Gasteiger partial charge is 0 e. The predicted molar refractivity (Wildman–Crippen MR) is 66.0 cm³/mol. The van der Waals surface area contributed by atoms with Crippen LogP contribution in [0.3, 0.4) is 0 Å². The maximum Gasteiger partial charge on any atom is 0 e. The summed E-state index contributed by atoms with van der Waals surface area (Å²) in [6.07, 6.45) is 0. The van der Waals surface area contributed by atoms with Crippen molar-refractivity contribution in [3.8, 4) is 0 Å². The summed E-state index contributed by atoms with van der Waals surface area (Å²) in [5.74, 6) is 0. The molecule has 0 amide bonds. The number of nitrogens with zero attached hydrogens (tertiary/aromatic N) is 1. The molecule has 0 spiro atoms. The van der Waals surface area contributed by atoms with E-state index in [1.807, 2.05) is 0 Å². The topological polar surface area (TPSA) is 119 Å². The zero-order chi connectivity index (χ0) is 19.3. The Kier molecular flexibility index (Phi) is 202. The van der Waals surface area contributed by atoms with Crippen molar-refractivity contribution < 1.29 is 51.0 Å². The van der Waals surface area contributed by atoms with Gasteiger partial charge in [-0.3, -0.25) is 0 Å². The number of quaternary nitrogens is 1. The first kappa shape index (κ1) is 49.7. The molecular weight excluding hydrogens is 329 g/mol. The van der Waals surface area contributed by atoms with E-state index in [0.29, 0.717) is 0 Å². The fourth-order valence-electron chi connectivity index (χ4n) is 1.34. The fourth-order valence-corrected chi connectivity index (χ4v) is 1.34. The molecule has 8 heteroatoms. The molecule has 7 nitrogen and oxygen atoms in total. The third-order valence-electron chi connectivity index (χ3n) is 2.68. The molecular formula is C14H20NO6V+. The van der Waals surface area contributed by atoms with Crippen LogP contribution in [0, 0.1) is 39.9 Å². The first-order valence-corrected chi connectivity index (χ1v) is 5.32. The van der Waals surface area contributed by atoms with Crippen LogP contribution < -0.4 is 0 Å². The minimum Gasteiger partial charge on any atom is 0 e. The third-order valence-corrected chi connectivity index (χ3v) is 2.68. The molecule has 0 saturated carbocycles. The molecule has 22 heavy (non-hydrogen) atoms. The first-order chi connectivity index (χ1) is 10.2. The predicted octanol–water partition coefficient (Wildman–Crippen LogP) is 1.66. The molecule has 0 aromatic heterocycles. The normalized spacial score (nSPS) is 5.45. The standard InChI is InChI=1S/C8H20N.6CO.V/c1-5-9(6-2,7-3)8-4;6*1-2;/h5-8H2,1-4H3;;;;;;;/q+1;;;;;;;. The Hall–Kier alpha value is -1.02. The van der Waals surface area contributed by atoms with E-state index in [9.17, 15) is 0 Å². The molecule has 0 unspecified atom stereocenters. The summed E-state index contributed by atoms with van der Waals surface area (Å²) in [5.41, 5.74) is 0. The van der Waals surface area contributed by atoms with Crippen LogP contribution in [0.15, 0.2) is 0 Å². The van der Waals surface area contributed by atoms with Crippen LogP contribution in [0.5, 0.6) is 0 Å². The van der Waals surface area contributed by atoms with Crippen LogP contribution in [0.2, 0.25) is 0 Å². The average Bonchev–Trinajstić information content (AvgIpc) is 2.67. The number of hydrogen-bond acceptors (Lipinski definition) is 0. The van der Waals surface area contributed by atoms with Gasteiger partial charge >= 0.3 is 67.8 Å². The van der Waals surface area contributed by atoms with E-state index >= 15 is 0 Å². The Balaban J connectivity index is -0.0000000214. The van der Waals surface area contributed by atoms with Gasteiger partial charge in [0.15, 0.2) is 0 Å². The van der Waals surface area contributed by atoms with Gasteiger partial charge in [-0.15, -0.1) is 0 Å². The quantitative estimate of drug-likeness (QED) is 0.417. The summed E-state index contributed by atoms with van der Waals surface area (Å²) in [6.45, 7) is 41.2. The van der Waals surface area contributed by atoms with Crippen molar-refractivity contribution >= 4 is 0 Å². The van der Waals surface area contributed by atoms with Gasteiger partial charge in [0.25, 0.3) is 0 Å². The second-order valence-electron chi connectivity index (χ2n) is 2.61. The van der Waals surface area contributed by atoms with Crippen molar-refractivity contribution in [1.29, 1.82) is 0 Å². The van der Waals surface area contributed by atoms with Crippen LogP contribution in [0.4, 0.5) is 0 Å². The van der Waals surface area contributed by atoms with Gasteiger partial charge in [0.05, 0.1) is 26.2 Å². The molecule has 0 aliphatic heterocycles. The van der Waals surface area contributed by atoms with Gasteiger partial charge in [-0.05, 0) is 27.7 Å². The number of rotatable bonds is 4. The molecule has 1 radical (unpaired) electrons. The monoisotopic (exact) mass is 349 g/mol. The van der Waals surface area contributed by atoms with Gasteiger partial charge in [-0.25, -0.2) is 0 Å². The number of hydrogen-bond donors (Lipinski definition) is 0. The maximum absolute atomic E-state index is 7.50. The van der Waals surface area contributed by atoms with Gasteiger partial charge in [-0.2, -0.15) is 0 Å². The van der Waals surface area contributed by atoms with Crippen molar-refractivity contribution in [3.05, 3.63) is 39.9 Å². The molecule has 121 valence electrons. The van der Waals surface area contributed by atoms with Crippen molar-refractivity contribution in [2.24, 2.45) is 0 Å². The van der Waals surface area contributed by atoms with E-state index in [0.717, 1.165) is 0 Å². The fraction of sp³-hybridized carbons (Fsp3) is 0.571. The second kappa shape index (κ2) is 89.2. The molecule has 0 aliphatic rings. The van der Waals surface area contributed by atoms with E-state index in [1.54, 1.807) is 0 Å². The summed E-state index contributed by atoms with van der Waals surface area (Å²) in [6, 6.07) is 0. The Labute approximate surface area is 145 Å². The van der Waals surface area contributed by atoms with Crippen LogP contribution in [0.1, 0.15) is 27.7 Å². The van der Waals surface area contributed by atoms with Crippen molar-refractivity contribution in [2.45, 2.75) is 27.7 Å². The van der Waals surface area contributed by atoms with Gasteiger partial charge < -0.3 is 4.48 Å². The van der Waals surface area contributed by atoms with Gasteiger partial charge in [-0.1, -0.05) is 0 Å². The third kappa shape index (κ3) is 50.9. The maximum atomic E-state index is 7.50. The van der Waals surface area contributed by atoms with Crippen LogP contribution in [-0.2, 0) is 46.5 Å². The minimum absolute atomic E-state index is 0. The Morgan fingerprint density at radius 2 is 0.545 bits per heavy atom. The van der Waals surface area contributed by atoms with Crippen molar-refractivity contribution in [3.63, 3.8) is 0 Å². The van der Waals surface area contributed by atoms with Crippen molar-refractivity contribution in [2.75, 3.05) is 26.2 Å². The molecule has 0 rings (SSSR count). The Morgan fingerprint density at radius 3 is 0.545 bits per heavy atom. The van der Waals surface area contributed by atoms with Crippen LogP contribution in [0.25, 0.3) is 0 Å². The van der Waals surface area contributed by atoms with E-state index in [-0.39, 0.29) is 18.6 Å². The zero-order valence-corrected chi connectivity index (χ0v) is 14.6. The van der Waals surface area contributed by atoms with Gasteiger partial charge in [0.2, 0.25) is 0 Å². The minimum atomic E-state index is 0. The summed E-state index contributed by atoms with van der Waals surface area (Å²) in [5, 5.41) is 0. The van der Waals surface area contributed by atoms with Gasteiger partial charge in [0.1, 0.15) is 0 Å². The molecule has 0 aromatic carbocycles. The molecule has 0 bridgehead atoms. The zero-order valence-electron chi connectivity index (χ0n) is 13.2. The Bertz CT molecular complexity index is 200. The molecule has 0 aliphatic carbocycles. The van der Waals surface area contributed by atoms with Crippen LogP contribution in [-0.4, -0.2) is 30.7 Å². The molecule has 0 aromatic rings. The smallest absolute Gasteiger partial charge is 0 e. The second-order valence-corrected chi connectivity index (χ2v) is 2.61. The molecule has 0 N–H and O–H groups in total. The summed E-state index contributed by atoms with van der Waals surface area (Å²) in [7, 11) is 0. The van der Waals surface area contributed by atoms with E-state index < -0.39 is 0 Å². The van der Waals surface area contributed by atoms with Gasteiger partial charge in [0, 0.05) is 18.6 Å². The molecule has 0 fully saturated rings. The molecule has 0 heterocycles. The van der Waals surface area contributed by atoms with Crippen molar-refractivity contribution in [1.82, 2.24) is 0 Å². The Morgan fingerprint density at radius 1 is 0.455 bits per heavy atom. The summed E-state index contributed by atoms with van der Waals surface area (Å²) >= 11 is 0. The van der Waals surface area contributed by atoms with Crippen LogP contribution >= 0.6 is 0 Å². The summed E-state index contributed by atoms with van der Waals surface area (Å²) < 4.78 is 46.3. The SMILES string of the molecule is CC[N+](CC)(CC)CC.[C-]#[O+].[C-]#[O+].[C-]#[O+].[C-]#[O+].[C-]#[O+].[C-]#[O+].[V]. The molecule has 0 saturated heterocycles.